The number of hydrogen-bond donors (Lipinski definition) is 1. The summed E-state index contributed by atoms with van der Waals surface area (Å²) in [5, 5.41) is 2.75. The lowest BCUT2D eigenvalue weighted by molar-refractivity contribution is 0.477. The topological polar surface area (TPSA) is 38.1 Å². The van der Waals surface area contributed by atoms with Gasteiger partial charge < -0.3 is 9.73 Å². The quantitative estimate of drug-likeness (QED) is 0.871. The van der Waals surface area contributed by atoms with Crippen molar-refractivity contribution in [3.8, 4) is 0 Å². The third-order valence-corrected chi connectivity index (χ3v) is 3.12. The van der Waals surface area contributed by atoms with Crippen molar-refractivity contribution in [1.29, 1.82) is 0 Å². The summed E-state index contributed by atoms with van der Waals surface area (Å²) in [7, 11) is 0. The molecule has 0 saturated carbocycles. The Morgan fingerprint density at radius 3 is 2.61 bits per heavy atom. The average molecular weight is 317 g/mol. The number of halogens is 3. The lowest BCUT2D eigenvalue weighted by atomic mass is 10.3. The van der Waals surface area contributed by atoms with Gasteiger partial charge in [0, 0.05) is 6.07 Å². The molecule has 2 rings (SSSR count). The van der Waals surface area contributed by atoms with Crippen LogP contribution in [-0.4, -0.2) is 4.98 Å². The first-order valence-electron chi connectivity index (χ1n) is 5.28. The van der Waals surface area contributed by atoms with Crippen molar-refractivity contribution < 1.29 is 13.2 Å². The fraction of sp³-hybridized carbons (Fsp3) is 0.250. The smallest absolute Gasteiger partial charge is 0.213 e. The summed E-state index contributed by atoms with van der Waals surface area (Å²) in [5.41, 5.74) is 0.860. The maximum Gasteiger partial charge on any atom is 0.213 e. The first-order chi connectivity index (χ1) is 8.47. The van der Waals surface area contributed by atoms with Crippen molar-refractivity contribution in [1.82, 2.24) is 4.98 Å². The normalized spacial score (nSPS) is 10.7. The summed E-state index contributed by atoms with van der Waals surface area (Å²) in [4.78, 5) is 4.14. The van der Waals surface area contributed by atoms with Crippen LogP contribution >= 0.6 is 15.9 Å². The van der Waals surface area contributed by atoms with Gasteiger partial charge in [0.1, 0.15) is 17.4 Å². The highest BCUT2D eigenvalue weighted by Gasteiger charge is 2.10. The Morgan fingerprint density at radius 1 is 1.28 bits per heavy atom. The molecule has 0 aliphatic carbocycles. The third kappa shape index (κ3) is 2.69. The average Bonchev–Trinajstić information content (AvgIpc) is 2.62. The van der Waals surface area contributed by atoms with E-state index in [0.717, 1.165) is 17.8 Å². The van der Waals surface area contributed by atoms with Gasteiger partial charge in [-0.2, -0.15) is 0 Å². The van der Waals surface area contributed by atoms with E-state index in [1.807, 2.05) is 6.92 Å². The summed E-state index contributed by atoms with van der Waals surface area (Å²) < 4.78 is 32.2. The number of aryl methyl sites for hydroxylation is 2. The summed E-state index contributed by atoms with van der Waals surface area (Å²) >= 11 is 2.92. The summed E-state index contributed by atoms with van der Waals surface area (Å²) in [5.74, 6) is 0.0870. The predicted molar refractivity (Wildman–Crippen MR) is 67.4 cm³/mol. The maximum absolute atomic E-state index is 13.5. The van der Waals surface area contributed by atoms with E-state index in [0.29, 0.717) is 11.7 Å². The number of nitrogens with zero attached hydrogens (tertiary/aromatic N) is 1. The zero-order valence-electron chi connectivity index (χ0n) is 9.85. The van der Waals surface area contributed by atoms with Crippen LogP contribution in [-0.2, 0) is 6.54 Å². The minimum Gasteiger partial charge on any atom is -0.444 e. The number of oxazole rings is 1. The molecule has 2 aromatic rings. The largest absolute Gasteiger partial charge is 0.444 e. The Balaban J connectivity index is 2.13. The molecule has 0 fully saturated rings. The van der Waals surface area contributed by atoms with Gasteiger partial charge in [-0.25, -0.2) is 13.8 Å². The highest BCUT2D eigenvalue weighted by atomic mass is 79.9. The summed E-state index contributed by atoms with van der Waals surface area (Å²) in [6.45, 7) is 3.82. The van der Waals surface area contributed by atoms with Crippen LogP contribution in [0.25, 0.3) is 0 Å². The molecule has 1 aromatic heterocycles. The Labute approximate surface area is 111 Å². The minimum atomic E-state index is -0.539. The molecule has 1 heterocycles. The first-order valence-corrected chi connectivity index (χ1v) is 6.08. The molecule has 0 unspecified atom stereocenters. The van der Waals surface area contributed by atoms with E-state index in [1.54, 1.807) is 6.92 Å². The number of benzene rings is 1. The van der Waals surface area contributed by atoms with Gasteiger partial charge in [0.05, 0.1) is 22.4 Å². The zero-order valence-corrected chi connectivity index (χ0v) is 11.4. The van der Waals surface area contributed by atoms with Crippen LogP contribution in [0.5, 0.6) is 0 Å². The van der Waals surface area contributed by atoms with Crippen LogP contribution in [0.1, 0.15) is 17.3 Å². The SMILES string of the molecule is Cc1nc(CNc2cc(F)c(Br)cc2F)oc1C. The van der Waals surface area contributed by atoms with Crippen molar-refractivity contribution in [3.63, 3.8) is 0 Å². The predicted octanol–water partition coefficient (Wildman–Crippen LogP) is 3.94. The zero-order chi connectivity index (χ0) is 13.3. The first kappa shape index (κ1) is 13.0. The van der Waals surface area contributed by atoms with E-state index in [-0.39, 0.29) is 16.7 Å². The van der Waals surface area contributed by atoms with E-state index in [4.69, 9.17) is 4.42 Å². The Kier molecular flexibility index (Phi) is 3.65. The van der Waals surface area contributed by atoms with Gasteiger partial charge in [-0.05, 0) is 35.8 Å². The van der Waals surface area contributed by atoms with Crippen molar-refractivity contribution in [3.05, 3.63) is 45.6 Å². The van der Waals surface area contributed by atoms with Crippen LogP contribution in [0.3, 0.4) is 0 Å². The Bertz CT molecular complexity index is 564. The van der Waals surface area contributed by atoms with Gasteiger partial charge >= 0.3 is 0 Å². The molecular formula is C12H11BrF2N2O. The number of anilines is 1. The second-order valence-corrected chi connectivity index (χ2v) is 4.70. The Hall–Kier alpha value is -1.43. The standard InChI is InChI=1S/C12H11BrF2N2O/c1-6-7(2)18-12(17-6)5-16-11-4-9(14)8(13)3-10(11)15/h3-4,16H,5H2,1-2H3. The molecule has 1 N–H and O–H groups in total. The summed E-state index contributed by atoms with van der Waals surface area (Å²) in [6, 6.07) is 2.16. The highest BCUT2D eigenvalue weighted by Crippen LogP contribution is 2.23. The number of aromatic nitrogens is 1. The molecule has 96 valence electrons. The number of nitrogens with one attached hydrogen (secondary N) is 1. The molecule has 0 bridgehead atoms. The van der Waals surface area contributed by atoms with Crippen molar-refractivity contribution in [2.24, 2.45) is 0 Å². The van der Waals surface area contributed by atoms with Gasteiger partial charge in [0.25, 0.3) is 0 Å². The molecule has 0 spiro atoms. The van der Waals surface area contributed by atoms with Gasteiger partial charge in [0.2, 0.25) is 5.89 Å². The van der Waals surface area contributed by atoms with Crippen LogP contribution in [0.4, 0.5) is 14.5 Å². The van der Waals surface area contributed by atoms with Gasteiger partial charge in [0.15, 0.2) is 0 Å². The minimum absolute atomic E-state index is 0.0733. The van der Waals surface area contributed by atoms with Crippen LogP contribution < -0.4 is 5.32 Å². The molecule has 0 radical (unpaired) electrons. The van der Waals surface area contributed by atoms with Crippen LogP contribution in [0.2, 0.25) is 0 Å². The fourth-order valence-corrected chi connectivity index (χ4v) is 1.76. The van der Waals surface area contributed by atoms with Crippen molar-refractivity contribution >= 4 is 21.6 Å². The molecule has 3 nitrogen and oxygen atoms in total. The fourth-order valence-electron chi connectivity index (χ4n) is 1.44. The second-order valence-electron chi connectivity index (χ2n) is 3.85. The van der Waals surface area contributed by atoms with Crippen LogP contribution in [0.15, 0.2) is 21.0 Å². The monoisotopic (exact) mass is 316 g/mol. The van der Waals surface area contributed by atoms with E-state index in [9.17, 15) is 8.78 Å². The van der Waals surface area contributed by atoms with Gasteiger partial charge in [-0.15, -0.1) is 0 Å². The Morgan fingerprint density at radius 2 is 2.00 bits per heavy atom. The number of hydrogen-bond acceptors (Lipinski definition) is 3. The maximum atomic E-state index is 13.5. The van der Waals surface area contributed by atoms with E-state index in [2.05, 4.69) is 26.2 Å². The second kappa shape index (κ2) is 5.06. The molecule has 18 heavy (non-hydrogen) atoms. The van der Waals surface area contributed by atoms with E-state index < -0.39 is 11.6 Å². The molecule has 0 amide bonds. The molecule has 0 saturated heterocycles. The molecule has 0 atom stereocenters. The molecule has 1 aromatic carbocycles. The van der Waals surface area contributed by atoms with E-state index >= 15 is 0 Å². The third-order valence-electron chi connectivity index (χ3n) is 2.51. The van der Waals surface area contributed by atoms with Gasteiger partial charge in [-0.1, -0.05) is 0 Å². The van der Waals surface area contributed by atoms with Crippen molar-refractivity contribution in [2.75, 3.05) is 5.32 Å². The molecule has 0 aliphatic rings. The lowest BCUT2D eigenvalue weighted by Crippen LogP contribution is -2.02. The lowest BCUT2D eigenvalue weighted by Gasteiger charge is -2.06. The number of rotatable bonds is 3. The van der Waals surface area contributed by atoms with E-state index in [1.165, 1.54) is 0 Å². The van der Waals surface area contributed by atoms with Crippen LogP contribution in [0, 0.1) is 25.5 Å². The summed E-state index contributed by atoms with van der Waals surface area (Å²) in [6.07, 6.45) is 0. The van der Waals surface area contributed by atoms with Gasteiger partial charge in [-0.3, -0.25) is 0 Å². The molecular weight excluding hydrogens is 306 g/mol. The molecule has 6 heteroatoms. The molecule has 0 aliphatic heterocycles. The van der Waals surface area contributed by atoms with Crippen molar-refractivity contribution in [2.45, 2.75) is 20.4 Å². The highest BCUT2D eigenvalue weighted by molar-refractivity contribution is 9.10.